The van der Waals surface area contributed by atoms with E-state index in [1.165, 1.54) is 135 Å². The summed E-state index contributed by atoms with van der Waals surface area (Å²) >= 11 is 0. The fraction of sp³-hybridized carbons (Fsp3) is 0.891. The molecule has 0 saturated carbocycles. The molecule has 1 heterocycles. The van der Waals surface area contributed by atoms with E-state index in [1.54, 1.807) is 6.08 Å². The van der Waals surface area contributed by atoms with E-state index in [0.717, 1.165) is 38.5 Å². The zero-order chi connectivity index (χ0) is 41.1. The molecule has 8 unspecified atom stereocenters. The molecule has 1 aliphatic heterocycles. The number of amides is 1. The number of carbonyl (C=O) groups is 1. The van der Waals surface area contributed by atoms with Crippen molar-refractivity contribution in [3.05, 3.63) is 24.3 Å². The summed E-state index contributed by atoms with van der Waals surface area (Å²) in [7, 11) is 0. The van der Waals surface area contributed by atoms with Gasteiger partial charge in [-0.1, -0.05) is 179 Å². The summed E-state index contributed by atoms with van der Waals surface area (Å²) in [5.41, 5.74) is 0. The van der Waals surface area contributed by atoms with Gasteiger partial charge in [-0.3, -0.25) is 4.79 Å². The fourth-order valence-electron chi connectivity index (χ4n) is 7.27. The monoisotopic (exact) mass is 798 g/mol. The lowest BCUT2D eigenvalue weighted by molar-refractivity contribution is -0.302. The van der Waals surface area contributed by atoms with Gasteiger partial charge in [-0.2, -0.15) is 0 Å². The number of hydrogen-bond acceptors (Lipinski definition) is 9. The smallest absolute Gasteiger partial charge is 0.249 e. The van der Waals surface area contributed by atoms with Crippen LogP contribution in [0.15, 0.2) is 24.3 Å². The van der Waals surface area contributed by atoms with Gasteiger partial charge in [0, 0.05) is 0 Å². The van der Waals surface area contributed by atoms with Crippen LogP contribution in [0.4, 0.5) is 0 Å². The highest BCUT2D eigenvalue weighted by atomic mass is 16.7. The van der Waals surface area contributed by atoms with Crippen LogP contribution in [0.3, 0.4) is 0 Å². The van der Waals surface area contributed by atoms with Crippen LogP contribution >= 0.6 is 0 Å². The van der Waals surface area contributed by atoms with Crippen LogP contribution in [0, 0.1) is 0 Å². The first-order chi connectivity index (χ1) is 27.3. The number of nitrogens with one attached hydrogen (secondary N) is 1. The van der Waals surface area contributed by atoms with E-state index in [9.17, 15) is 35.4 Å². The van der Waals surface area contributed by atoms with Crippen molar-refractivity contribution in [3.8, 4) is 0 Å². The summed E-state index contributed by atoms with van der Waals surface area (Å²) in [6, 6.07) is -0.977. The van der Waals surface area contributed by atoms with E-state index < -0.39 is 61.5 Å². The summed E-state index contributed by atoms with van der Waals surface area (Å²) in [5, 5.41) is 64.6. The van der Waals surface area contributed by atoms with Crippen molar-refractivity contribution in [2.24, 2.45) is 0 Å². The van der Waals surface area contributed by atoms with Gasteiger partial charge >= 0.3 is 0 Å². The Morgan fingerprint density at radius 1 is 0.607 bits per heavy atom. The second-order valence-electron chi connectivity index (χ2n) is 16.3. The zero-order valence-corrected chi connectivity index (χ0v) is 35.8. The summed E-state index contributed by atoms with van der Waals surface area (Å²) in [6.45, 7) is 3.59. The molecule has 0 spiro atoms. The lowest BCUT2D eigenvalue weighted by atomic mass is 9.99. The van der Waals surface area contributed by atoms with Crippen LogP contribution < -0.4 is 5.32 Å². The Kier molecular flexibility index (Phi) is 34.5. The predicted molar refractivity (Wildman–Crippen MR) is 227 cm³/mol. The Hall–Kier alpha value is -1.37. The SMILES string of the molecule is CCCCCCCCC=CCCCCCCCCCCCC(O)C(=O)NC(COC1OC(CO)C(O)C(O)C1O)C(O)C=CCCCCCCCCCCCC. The number of aliphatic hydroxyl groups excluding tert-OH is 6. The zero-order valence-electron chi connectivity index (χ0n) is 35.8. The highest BCUT2D eigenvalue weighted by Gasteiger charge is 2.44. The molecule has 10 nitrogen and oxygen atoms in total. The standard InChI is InChI=1S/C46H87NO9/c1-3-5-7-9-11-13-15-17-18-19-20-21-22-23-25-27-29-31-33-35-40(50)45(54)47-38(37-55-46-44(53)43(52)42(51)41(36-48)56-46)39(49)34-32-30-28-26-24-16-14-12-10-8-6-4-2/h17-18,32,34,38-44,46,48-53H,3-16,19-31,33,35-37H2,1-2H3,(H,47,54). The maximum atomic E-state index is 13.0. The van der Waals surface area contributed by atoms with E-state index in [0.29, 0.717) is 12.8 Å². The maximum absolute atomic E-state index is 13.0. The molecular weight excluding hydrogens is 711 g/mol. The second kappa shape index (κ2) is 36.7. The van der Waals surface area contributed by atoms with Gasteiger partial charge < -0.3 is 45.4 Å². The van der Waals surface area contributed by atoms with Crippen LogP contribution in [0.2, 0.25) is 0 Å². The van der Waals surface area contributed by atoms with E-state index in [1.807, 2.05) is 6.08 Å². The Morgan fingerprint density at radius 2 is 1.04 bits per heavy atom. The van der Waals surface area contributed by atoms with Crippen LogP contribution in [-0.2, 0) is 14.3 Å². The molecule has 1 fully saturated rings. The van der Waals surface area contributed by atoms with Gasteiger partial charge in [-0.15, -0.1) is 0 Å². The molecule has 1 amide bonds. The number of aliphatic hydroxyl groups is 6. The number of ether oxygens (including phenoxy) is 2. The first-order valence-electron chi connectivity index (χ1n) is 23.2. The molecule has 0 radical (unpaired) electrons. The van der Waals surface area contributed by atoms with Crippen LogP contribution in [0.5, 0.6) is 0 Å². The quantitative estimate of drug-likeness (QED) is 0.0239. The van der Waals surface area contributed by atoms with Crippen molar-refractivity contribution in [2.75, 3.05) is 13.2 Å². The van der Waals surface area contributed by atoms with Gasteiger partial charge in [0.15, 0.2) is 6.29 Å². The first-order valence-corrected chi connectivity index (χ1v) is 23.2. The van der Waals surface area contributed by atoms with Gasteiger partial charge in [-0.25, -0.2) is 0 Å². The fourth-order valence-corrected chi connectivity index (χ4v) is 7.27. The molecule has 0 aliphatic carbocycles. The third kappa shape index (κ3) is 26.6. The molecule has 10 heteroatoms. The minimum Gasteiger partial charge on any atom is -0.394 e. The number of rotatable bonds is 38. The molecule has 8 atom stereocenters. The molecule has 1 rings (SSSR count). The molecule has 7 N–H and O–H groups in total. The van der Waals surface area contributed by atoms with Gasteiger partial charge in [0.25, 0.3) is 0 Å². The highest BCUT2D eigenvalue weighted by molar-refractivity contribution is 5.80. The largest absolute Gasteiger partial charge is 0.394 e. The Morgan fingerprint density at radius 3 is 1.50 bits per heavy atom. The summed E-state index contributed by atoms with van der Waals surface area (Å²) < 4.78 is 11.1. The minimum atomic E-state index is -1.61. The van der Waals surface area contributed by atoms with Crippen LogP contribution in [-0.4, -0.2) is 98.7 Å². The van der Waals surface area contributed by atoms with Gasteiger partial charge in [0.2, 0.25) is 5.91 Å². The average molecular weight is 798 g/mol. The molecule has 0 aromatic heterocycles. The van der Waals surface area contributed by atoms with Crippen molar-refractivity contribution in [1.82, 2.24) is 5.32 Å². The van der Waals surface area contributed by atoms with Crippen molar-refractivity contribution in [1.29, 1.82) is 0 Å². The Bertz CT molecular complexity index is 948. The number of allylic oxidation sites excluding steroid dienone is 3. The van der Waals surface area contributed by atoms with E-state index in [4.69, 9.17) is 9.47 Å². The predicted octanol–water partition coefficient (Wildman–Crippen LogP) is 8.47. The molecule has 0 aromatic carbocycles. The lowest BCUT2D eigenvalue weighted by Gasteiger charge is -2.40. The Labute approximate surface area is 341 Å². The topological polar surface area (TPSA) is 169 Å². The average Bonchev–Trinajstić information content (AvgIpc) is 3.20. The van der Waals surface area contributed by atoms with Crippen LogP contribution in [0.1, 0.15) is 200 Å². The van der Waals surface area contributed by atoms with Crippen molar-refractivity contribution < 1.29 is 44.9 Å². The summed E-state index contributed by atoms with van der Waals surface area (Å²) in [5.74, 6) is -0.619. The maximum Gasteiger partial charge on any atom is 0.249 e. The van der Waals surface area contributed by atoms with Crippen molar-refractivity contribution >= 4 is 5.91 Å². The van der Waals surface area contributed by atoms with Crippen molar-refractivity contribution in [3.63, 3.8) is 0 Å². The third-order valence-corrected chi connectivity index (χ3v) is 11.1. The lowest BCUT2D eigenvalue weighted by Crippen LogP contribution is -2.60. The molecule has 330 valence electrons. The van der Waals surface area contributed by atoms with Gasteiger partial charge in [-0.05, 0) is 44.9 Å². The van der Waals surface area contributed by atoms with E-state index >= 15 is 0 Å². The highest BCUT2D eigenvalue weighted by Crippen LogP contribution is 2.23. The summed E-state index contributed by atoms with van der Waals surface area (Å²) in [6.07, 6.45) is 32.6. The molecule has 0 aromatic rings. The number of carbonyl (C=O) groups excluding carboxylic acids is 1. The molecule has 1 saturated heterocycles. The minimum absolute atomic E-state index is 0.305. The molecule has 56 heavy (non-hydrogen) atoms. The molecular formula is C46H87NO9. The first kappa shape index (κ1) is 52.6. The third-order valence-electron chi connectivity index (χ3n) is 11.1. The molecule has 0 bridgehead atoms. The van der Waals surface area contributed by atoms with E-state index in [-0.39, 0.29) is 6.61 Å². The molecule has 1 aliphatic rings. The van der Waals surface area contributed by atoms with Gasteiger partial charge in [0.1, 0.15) is 30.5 Å². The van der Waals surface area contributed by atoms with Crippen LogP contribution in [0.25, 0.3) is 0 Å². The number of hydrogen-bond donors (Lipinski definition) is 7. The van der Waals surface area contributed by atoms with E-state index in [2.05, 4.69) is 31.3 Å². The van der Waals surface area contributed by atoms with Crippen molar-refractivity contribution in [2.45, 2.75) is 249 Å². The summed E-state index contributed by atoms with van der Waals surface area (Å²) in [4.78, 5) is 13.0. The van der Waals surface area contributed by atoms with Gasteiger partial charge in [0.05, 0.1) is 25.4 Å². The Balaban J connectivity index is 2.38. The second-order valence-corrected chi connectivity index (χ2v) is 16.3. The number of unbranched alkanes of at least 4 members (excludes halogenated alkanes) is 25. The normalized spacial score (nSPS) is 21.9.